The van der Waals surface area contributed by atoms with Crippen LogP contribution in [0.5, 0.6) is 0 Å². The molecule has 0 spiro atoms. The van der Waals surface area contributed by atoms with Crippen LogP contribution < -0.4 is 5.14 Å². The fourth-order valence-corrected chi connectivity index (χ4v) is 2.84. The summed E-state index contributed by atoms with van der Waals surface area (Å²) in [4.78, 5) is 0.0266. The third kappa shape index (κ3) is 3.01. The van der Waals surface area contributed by atoms with Crippen molar-refractivity contribution in [3.8, 4) is 22.4 Å². The van der Waals surface area contributed by atoms with Gasteiger partial charge in [0, 0.05) is 5.56 Å². The van der Waals surface area contributed by atoms with Gasteiger partial charge in [-0.05, 0) is 48.9 Å². The van der Waals surface area contributed by atoms with Crippen molar-refractivity contribution >= 4 is 10.0 Å². The number of nitrogens with zero attached hydrogens (tertiary/aromatic N) is 1. The van der Waals surface area contributed by atoms with E-state index < -0.39 is 10.0 Å². The predicted octanol–water partition coefficient (Wildman–Crippen LogP) is 3.10. The Balaban J connectivity index is 2.10. The topological polar surface area (TPSA) is 86.2 Å². The zero-order valence-electron chi connectivity index (χ0n) is 12.2. The van der Waals surface area contributed by atoms with E-state index in [2.05, 4.69) is 5.16 Å². The second kappa shape index (κ2) is 5.60. The Morgan fingerprint density at radius 3 is 2.13 bits per heavy atom. The van der Waals surface area contributed by atoms with Crippen LogP contribution >= 0.6 is 0 Å². The van der Waals surface area contributed by atoms with E-state index in [0.29, 0.717) is 17.0 Å². The van der Waals surface area contributed by atoms with Crippen LogP contribution in [0.2, 0.25) is 0 Å². The lowest BCUT2D eigenvalue weighted by atomic mass is 9.99. The molecule has 0 aliphatic heterocycles. The number of nitrogens with two attached hydrogens (primary N) is 1. The highest BCUT2D eigenvalue weighted by Crippen LogP contribution is 2.34. The van der Waals surface area contributed by atoms with Crippen molar-refractivity contribution in [1.82, 2.24) is 5.16 Å². The van der Waals surface area contributed by atoms with Crippen LogP contribution in [0.25, 0.3) is 22.4 Å². The van der Waals surface area contributed by atoms with Gasteiger partial charge in [-0.1, -0.05) is 17.3 Å². The van der Waals surface area contributed by atoms with Gasteiger partial charge in [0.2, 0.25) is 10.0 Å². The van der Waals surface area contributed by atoms with Crippen LogP contribution in [0.15, 0.2) is 57.9 Å². The summed E-state index contributed by atoms with van der Waals surface area (Å²) in [7, 11) is -3.75. The van der Waals surface area contributed by atoms with Crippen LogP contribution in [-0.4, -0.2) is 13.6 Å². The first-order chi connectivity index (χ1) is 10.9. The van der Waals surface area contributed by atoms with Crippen molar-refractivity contribution in [2.45, 2.75) is 11.8 Å². The average Bonchev–Trinajstić information content (AvgIpc) is 2.89. The van der Waals surface area contributed by atoms with Crippen molar-refractivity contribution in [2.24, 2.45) is 5.14 Å². The maximum atomic E-state index is 13.1. The first-order valence-corrected chi connectivity index (χ1v) is 8.26. The van der Waals surface area contributed by atoms with Gasteiger partial charge in [0.15, 0.2) is 0 Å². The van der Waals surface area contributed by atoms with Gasteiger partial charge in [0.05, 0.1) is 10.5 Å². The van der Waals surface area contributed by atoms with Crippen LogP contribution in [0.4, 0.5) is 4.39 Å². The number of sulfonamides is 1. The molecular weight excluding hydrogens is 318 g/mol. The van der Waals surface area contributed by atoms with Gasteiger partial charge < -0.3 is 4.52 Å². The zero-order chi connectivity index (χ0) is 16.6. The summed E-state index contributed by atoms with van der Waals surface area (Å²) in [6.45, 7) is 1.75. The third-order valence-electron chi connectivity index (χ3n) is 3.45. The van der Waals surface area contributed by atoms with Crippen molar-refractivity contribution in [1.29, 1.82) is 0 Å². The smallest absolute Gasteiger partial charge is 0.238 e. The molecule has 0 radical (unpaired) electrons. The maximum absolute atomic E-state index is 13.1. The SMILES string of the molecule is Cc1onc(-c2ccc([18F])cc2)c1-c1ccc(S(N)(=O)=O)cc1. The first kappa shape index (κ1) is 15.4. The Morgan fingerprint density at radius 1 is 1.00 bits per heavy atom. The van der Waals surface area contributed by atoms with Crippen LogP contribution in [-0.2, 0) is 10.0 Å². The largest absolute Gasteiger partial charge is 0.360 e. The van der Waals surface area contributed by atoms with E-state index in [4.69, 9.17) is 9.66 Å². The molecule has 0 unspecified atom stereocenters. The summed E-state index contributed by atoms with van der Waals surface area (Å²) < 4.78 is 41.0. The normalized spacial score (nSPS) is 11.6. The predicted molar refractivity (Wildman–Crippen MR) is 83.4 cm³/mol. The highest BCUT2D eigenvalue weighted by molar-refractivity contribution is 7.89. The van der Waals surface area contributed by atoms with Gasteiger partial charge in [-0.15, -0.1) is 0 Å². The minimum Gasteiger partial charge on any atom is -0.360 e. The summed E-state index contributed by atoms with van der Waals surface area (Å²) in [5, 5.41) is 9.12. The molecule has 0 aliphatic rings. The van der Waals surface area contributed by atoms with Gasteiger partial charge in [0.1, 0.15) is 17.3 Å². The van der Waals surface area contributed by atoms with Crippen LogP contribution in [0.3, 0.4) is 0 Å². The number of rotatable bonds is 3. The number of benzene rings is 2. The molecule has 0 fully saturated rings. The van der Waals surface area contributed by atoms with E-state index in [1.807, 2.05) is 0 Å². The molecule has 5 nitrogen and oxygen atoms in total. The van der Waals surface area contributed by atoms with Crippen molar-refractivity contribution in [3.05, 3.63) is 60.1 Å². The molecule has 23 heavy (non-hydrogen) atoms. The monoisotopic (exact) mass is 331 g/mol. The lowest BCUT2D eigenvalue weighted by Crippen LogP contribution is -2.11. The number of primary sulfonamides is 1. The summed E-state index contributed by atoms with van der Waals surface area (Å²) in [5.41, 5.74) is 2.72. The number of aryl methyl sites for hydroxylation is 1. The van der Waals surface area contributed by atoms with Crippen LogP contribution in [0, 0.1) is 12.7 Å². The summed E-state index contributed by atoms with van der Waals surface area (Å²) in [6, 6.07) is 12.0. The fraction of sp³-hybridized carbons (Fsp3) is 0.0625. The van der Waals surface area contributed by atoms with E-state index in [1.54, 1.807) is 31.2 Å². The molecule has 0 amide bonds. The van der Waals surface area contributed by atoms with Crippen LogP contribution in [0.1, 0.15) is 5.76 Å². The minimum atomic E-state index is -3.75. The second-order valence-corrected chi connectivity index (χ2v) is 6.60. The molecule has 0 saturated carbocycles. The fourth-order valence-electron chi connectivity index (χ4n) is 2.33. The number of halogens is 1. The maximum Gasteiger partial charge on any atom is 0.238 e. The molecule has 2 N–H and O–H groups in total. The first-order valence-electron chi connectivity index (χ1n) is 6.72. The van der Waals surface area contributed by atoms with Gasteiger partial charge in [-0.3, -0.25) is 0 Å². The molecule has 2 aromatic carbocycles. The minimum absolute atomic E-state index is 0.0266. The molecule has 0 bridgehead atoms. The van der Waals surface area contributed by atoms with Gasteiger partial charge in [-0.25, -0.2) is 17.9 Å². The van der Waals surface area contributed by atoms with Crippen molar-refractivity contribution < 1.29 is 17.3 Å². The lowest BCUT2D eigenvalue weighted by molar-refractivity contribution is 0.400. The van der Waals surface area contributed by atoms with Crippen molar-refractivity contribution in [3.63, 3.8) is 0 Å². The third-order valence-corrected chi connectivity index (χ3v) is 4.38. The molecule has 3 aromatic rings. The second-order valence-electron chi connectivity index (χ2n) is 5.04. The van der Waals surface area contributed by atoms with Gasteiger partial charge in [0.25, 0.3) is 0 Å². The zero-order valence-corrected chi connectivity index (χ0v) is 13.0. The molecule has 0 atom stereocenters. The lowest BCUT2D eigenvalue weighted by Gasteiger charge is -2.05. The van der Waals surface area contributed by atoms with Gasteiger partial charge >= 0.3 is 0 Å². The quantitative estimate of drug-likeness (QED) is 0.799. The Morgan fingerprint density at radius 2 is 1.57 bits per heavy atom. The number of aromatic nitrogens is 1. The molecule has 0 saturated heterocycles. The summed E-state index contributed by atoms with van der Waals surface area (Å²) in [5.74, 6) is 0.237. The summed E-state index contributed by atoms with van der Waals surface area (Å²) in [6.07, 6.45) is 0. The standard InChI is InChI=1S/C16H13FN2O3S/c1-10-15(11-4-8-14(9-5-11)23(18,20)21)16(19-22-10)12-2-6-13(17)7-3-12/h2-9H,1H3,(H2,18,20,21)/i17-1. The Bertz CT molecular complexity index is 946. The molecule has 7 heteroatoms. The molecule has 3 rings (SSSR count). The van der Waals surface area contributed by atoms with Gasteiger partial charge in [-0.2, -0.15) is 0 Å². The molecule has 118 valence electrons. The van der Waals surface area contributed by atoms with E-state index >= 15 is 0 Å². The van der Waals surface area contributed by atoms with E-state index in [0.717, 1.165) is 11.1 Å². The molecule has 0 aliphatic carbocycles. The number of hydrogen-bond donors (Lipinski definition) is 1. The van der Waals surface area contributed by atoms with E-state index in [1.165, 1.54) is 24.3 Å². The van der Waals surface area contributed by atoms with E-state index in [-0.39, 0.29) is 10.7 Å². The highest BCUT2D eigenvalue weighted by atomic mass is 32.2. The Kier molecular flexibility index (Phi) is 3.75. The van der Waals surface area contributed by atoms with E-state index in [9.17, 15) is 12.8 Å². The molecule has 1 aromatic heterocycles. The summed E-state index contributed by atoms with van der Waals surface area (Å²) >= 11 is 0. The van der Waals surface area contributed by atoms with Crippen molar-refractivity contribution in [2.75, 3.05) is 0 Å². The Hall–Kier alpha value is -2.51. The average molecular weight is 331 g/mol. The Labute approximate surface area is 132 Å². The highest BCUT2D eigenvalue weighted by Gasteiger charge is 2.17. The molecular formula is C16H13FN2O3S. The number of hydrogen-bond acceptors (Lipinski definition) is 4. The molecule has 1 heterocycles.